The van der Waals surface area contributed by atoms with Gasteiger partial charge in [-0.25, -0.2) is 0 Å². The number of hydrogen-bond acceptors (Lipinski definition) is 3. The van der Waals surface area contributed by atoms with Gasteiger partial charge < -0.3 is 15.5 Å². The molecule has 0 radical (unpaired) electrons. The molecule has 4 aliphatic carbocycles. The summed E-state index contributed by atoms with van der Waals surface area (Å²) in [6, 6.07) is 0.192. The van der Waals surface area contributed by atoms with Crippen LogP contribution in [0.4, 0.5) is 0 Å². The van der Waals surface area contributed by atoms with E-state index in [0.29, 0.717) is 23.7 Å². The van der Waals surface area contributed by atoms with E-state index >= 15 is 0 Å². The number of allylic oxidation sites excluding steroid dienone is 4. The minimum Gasteiger partial charge on any atom is -0.393 e. The number of nitrogens with one attached hydrogen (secondary N) is 1. The predicted octanol–water partition coefficient (Wildman–Crippen LogP) is 4.76. The van der Waals surface area contributed by atoms with Crippen LogP contribution < -0.4 is 5.32 Å². The standard InChI is InChI=1S/C27H41NO2/c1-15-11-25(30)26(28-14-15)17(3)20-7-8-21-22-6-5-18-12-19(29)9-10-27(18,4)24(22)13-23(21)16(20)2/h5,13,15,17,19,21-22,24-26,28-30H,6-12,14H2,1-4H3/t15-,17-,19-,21-,22+,24+,25+,26-,27-/m0/s1. The highest BCUT2D eigenvalue weighted by Gasteiger charge is 2.52. The van der Waals surface area contributed by atoms with Gasteiger partial charge in [-0.2, -0.15) is 0 Å². The summed E-state index contributed by atoms with van der Waals surface area (Å²) in [6.07, 6.45) is 12.3. The Morgan fingerprint density at radius 2 is 2.03 bits per heavy atom. The molecule has 30 heavy (non-hydrogen) atoms. The summed E-state index contributed by atoms with van der Waals surface area (Å²) in [4.78, 5) is 0. The van der Waals surface area contributed by atoms with Gasteiger partial charge >= 0.3 is 0 Å². The monoisotopic (exact) mass is 411 g/mol. The number of piperidine rings is 1. The minimum atomic E-state index is -0.235. The normalized spacial score (nSPS) is 47.1. The van der Waals surface area contributed by atoms with E-state index < -0.39 is 0 Å². The van der Waals surface area contributed by atoms with Crippen molar-refractivity contribution in [1.82, 2.24) is 5.32 Å². The molecular formula is C27H41NO2. The first-order valence-corrected chi connectivity index (χ1v) is 12.5. The molecule has 0 amide bonds. The van der Waals surface area contributed by atoms with Crippen LogP contribution >= 0.6 is 0 Å². The van der Waals surface area contributed by atoms with Crippen molar-refractivity contribution < 1.29 is 10.2 Å². The molecule has 3 nitrogen and oxygen atoms in total. The maximum absolute atomic E-state index is 10.7. The summed E-state index contributed by atoms with van der Waals surface area (Å²) in [5, 5.41) is 24.6. The van der Waals surface area contributed by atoms with Gasteiger partial charge in [0.2, 0.25) is 0 Å². The summed E-state index contributed by atoms with van der Waals surface area (Å²) in [5.74, 6) is 3.04. The van der Waals surface area contributed by atoms with Gasteiger partial charge in [0.1, 0.15) is 0 Å². The molecule has 2 fully saturated rings. The van der Waals surface area contributed by atoms with Crippen LogP contribution in [0.2, 0.25) is 0 Å². The molecule has 0 aromatic heterocycles. The molecule has 1 aliphatic heterocycles. The number of fused-ring (bicyclic) bond motifs is 5. The second-order valence-corrected chi connectivity index (χ2v) is 11.5. The largest absolute Gasteiger partial charge is 0.393 e. The van der Waals surface area contributed by atoms with Crippen molar-refractivity contribution >= 4 is 0 Å². The number of aliphatic hydroxyl groups is 2. The third-order valence-electron chi connectivity index (χ3n) is 9.78. The van der Waals surface area contributed by atoms with Gasteiger partial charge in [0.05, 0.1) is 12.2 Å². The SMILES string of the molecule is CC1=C([C@H](C)[C@@H]2NC[C@@H](C)C[C@H]2O)CC[C@@H]2C1=C[C@@H]1[C@@H]2CC=C2C[C@@H](O)CC[C@@]21C. The van der Waals surface area contributed by atoms with Crippen molar-refractivity contribution in [2.75, 3.05) is 6.54 Å². The van der Waals surface area contributed by atoms with Crippen LogP contribution in [0.3, 0.4) is 0 Å². The van der Waals surface area contributed by atoms with Gasteiger partial charge in [-0.1, -0.05) is 44.1 Å². The number of aliphatic hydroxyl groups excluding tert-OH is 2. The molecule has 0 aromatic rings. The first kappa shape index (κ1) is 21.0. The van der Waals surface area contributed by atoms with Gasteiger partial charge in [0, 0.05) is 6.04 Å². The molecule has 0 unspecified atom stereocenters. The molecule has 3 N–H and O–H groups in total. The predicted molar refractivity (Wildman–Crippen MR) is 122 cm³/mol. The maximum atomic E-state index is 10.7. The fourth-order valence-electron chi connectivity index (χ4n) is 7.95. The van der Waals surface area contributed by atoms with Gasteiger partial charge in [-0.15, -0.1) is 0 Å². The molecule has 5 aliphatic rings. The van der Waals surface area contributed by atoms with Crippen molar-refractivity contribution in [1.29, 1.82) is 0 Å². The quantitative estimate of drug-likeness (QED) is 0.574. The number of rotatable bonds is 2. The highest BCUT2D eigenvalue weighted by atomic mass is 16.3. The fraction of sp³-hybridized carbons (Fsp3) is 0.778. The van der Waals surface area contributed by atoms with Crippen molar-refractivity contribution in [3.8, 4) is 0 Å². The maximum Gasteiger partial charge on any atom is 0.0702 e. The molecule has 5 rings (SSSR count). The van der Waals surface area contributed by atoms with E-state index in [2.05, 4.69) is 45.2 Å². The molecule has 1 heterocycles. The Morgan fingerprint density at radius 3 is 2.80 bits per heavy atom. The lowest BCUT2D eigenvalue weighted by molar-refractivity contribution is 0.0571. The zero-order valence-electron chi connectivity index (χ0n) is 19.3. The van der Waals surface area contributed by atoms with E-state index in [4.69, 9.17) is 0 Å². The molecule has 9 atom stereocenters. The summed E-state index contributed by atoms with van der Waals surface area (Å²) in [7, 11) is 0. The van der Waals surface area contributed by atoms with Gasteiger partial charge in [0.15, 0.2) is 0 Å². The lowest BCUT2D eigenvalue weighted by Crippen LogP contribution is -2.52. The molecule has 1 saturated carbocycles. The smallest absolute Gasteiger partial charge is 0.0702 e. The molecule has 0 spiro atoms. The number of hydrogen-bond donors (Lipinski definition) is 3. The highest BCUT2D eigenvalue weighted by molar-refractivity contribution is 5.46. The van der Waals surface area contributed by atoms with Crippen LogP contribution in [0.1, 0.15) is 72.6 Å². The lowest BCUT2D eigenvalue weighted by atomic mass is 9.56. The lowest BCUT2D eigenvalue weighted by Gasteiger charge is -2.49. The van der Waals surface area contributed by atoms with Gasteiger partial charge in [-0.05, 0) is 105 Å². The summed E-state index contributed by atoms with van der Waals surface area (Å²) >= 11 is 0. The van der Waals surface area contributed by atoms with E-state index in [1.807, 2.05) is 0 Å². The molecule has 0 bridgehead atoms. The third kappa shape index (κ3) is 3.19. The fourth-order valence-corrected chi connectivity index (χ4v) is 7.95. The van der Waals surface area contributed by atoms with E-state index in [9.17, 15) is 10.2 Å². The molecule has 166 valence electrons. The molecular weight excluding hydrogens is 370 g/mol. The Morgan fingerprint density at radius 1 is 1.23 bits per heavy atom. The first-order chi connectivity index (χ1) is 14.3. The average Bonchev–Trinajstić information content (AvgIpc) is 3.09. The second kappa shape index (κ2) is 7.60. The molecule has 1 saturated heterocycles. The summed E-state index contributed by atoms with van der Waals surface area (Å²) in [6.45, 7) is 10.4. The Labute approximate surface area is 182 Å². The summed E-state index contributed by atoms with van der Waals surface area (Å²) in [5.41, 5.74) is 6.51. The van der Waals surface area contributed by atoms with Gasteiger partial charge in [-0.3, -0.25) is 0 Å². The van der Waals surface area contributed by atoms with Crippen LogP contribution in [0.5, 0.6) is 0 Å². The molecule has 3 heteroatoms. The Kier molecular flexibility index (Phi) is 5.31. The van der Waals surface area contributed by atoms with E-state index in [-0.39, 0.29) is 23.7 Å². The zero-order valence-corrected chi connectivity index (χ0v) is 19.3. The average molecular weight is 412 g/mol. The Balaban J connectivity index is 1.43. The van der Waals surface area contributed by atoms with E-state index in [1.165, 1.54) is 30.4 Å². The molecule has 0 aromatic carbocycles. The third-order valence-corrected chi connectivity index (χ3v) is 9.78. The van der Waals surface area contributed by atoms with E-state index in [1.54, 1.807) is 11.1 Å². The van der Waals surface area contributed by atoms with Crippen molar-refractivity contribution in [2.24, 2.45) is 35.0 Å². The van der Waals surface area contributed by atoms with Crippen molar-refractivity contribution in [3.63, 3.8) is 0 Å². The van der Waals surface area contributed by atoms with E-state index in [0.717, 1.165) is 38.1 Å². The van der Waals surface area contributed by atoms with Crippen molar-refractivity contribution in [2.45, 2.75) is 90.9 Å². The van der Waals surface area contributed by atoms with Gasteiger partial charge in [0.25, 0.3) is 0 Å². The van der Waals surface area contributed by atoms with Crippen LogP contribution in [0, 0.1) is 35.0 Å². The van der Waals surface area contributed by atoms with Crippen molar-refractivity contribution in [3.05, 3.63) is 34.4 Å². The highest BCUT2D eigenvalue weighted by Crippen LogP contribution is 2.61. The second-order valence-electron chi connectivity index (χ2n) is 11.5. The Hall–Kier alpha value is -0.900. The Bertz CT molecular complexity index is 795. The van der Waals surface area contributed by atoms with Crippen LogP contribution in [-0.2, 0) is 0 Å². The topological polar surface area (TPSA) is 52.5 Å². The minimum absolute atomic E-state index is 0.136. The zero-order chi connectivity index (χ0) is 21.2. The van der Waals surface area contributed by atoms with Crippen LogP contribution in [-0.4, -0.2) is 35.0 Å². The van der Waals surface area contributed by atoms with Crippen LogP contribution in [0.15, 0.2) is 34.4 Å². The summed E-state index contributed by atoms with van der Waals surface area (Å²) < 4.78 is 0. The first-order valence-electron chi connectivity index (χ1n) is 12.5. The van der Waals surface area contributed by atoms with Crippen LogP contribution in [0.25, 0.3) is 0 Å².